The van der Waals surface area contributed by atoms with E-state index in [1.807, 2.05) is 30.3 Å². The van der Waals surface area contributed by atoms with Crippen LogP contribution in [0.25, 0.3) is 11.3 Å². The van der Waals surface area contributed by atoms with Crippen molar-refractivity contribution < 1.29 is 14.0 Å². The van der Waals surface area contributed by atoms with Crippen molar-refractivity contribution >= 4 is 12.3 Å². The number of amides is 2. The molecule has 3 rings (SSSR count). The maximum atomic E-state index is 12.5. The second kappa shape index (κ2) is 5.78. The molecule has 0 radical (unpaired) electrons. The smallest absolute Gasteiger partial charge is 0.292 e. The maximum absolute atomic E-state index is 12.5. The quantitative estimate of drug-likeness (QED) is 0.796. The van der Waals surface area contributed by atoms with Crippen LogP contribution in [0.1, 0.15) is 10.6 Å². The lowest BCUT2D eigenvalue weighted by Crippen LogP contribution is -2.48. The minimum absolute atomic E-state index is 0.183. The van der Waals surface area contributed by atoms with Crippen molar-refractivity contribution in [1.82, 2.24) is 14.8 Å². The molecule has 108 valence electrons. The SMILES string of the molecule is O=CN1CCN(C(=O)c2ocnc2-c2ccccc2)CC1. The number of carbonyl (C=O) groups is 2. The maximum Gasteiger partial charge on any atom is 0.292 e. The molecule has 1 saturated heterocycles. The number of nitrogens with zero attached hydrogens (tertiary/aromatic N) is 3. The molecule has 0 N–H and O–H groups in total. The first-order valence-corrected chi connectivity index (χ1v) is 6.77. The van der Waals surface area contributed by atoms with Crippen molar-refractivity contribution in [2.45, 2.75) is 0 Å². The van der Waals surface area contributed by atoms with Crippen LogP contribution in [-0.2, 0) is 4.79 Å². The standard InChI is InChI=1S/C15H15N3O3/c19-11-17-6-8-18(9-7-17)15(20)14-13(16-10-21-14)12-4-2-1-3-5-12/h1-5,10-11H,6-9H2. The largest absolute Gasteiger partial charge is 0.438 e. The van der Waals surface area contributed by atoms with Crippen LogP contribution in [0.2, 0.25) is 0 Å². The summed E-state index contributed by atoms with van der Waals surface area (Å²) in [6.07, 6.45) is 2.10. The molecule has 21 heavy (non-hydrogen) atoms. The van der Waals surface area contributed by atoms with E-state index >= 15 is 0 Å². The molecule has 2 heterocycles. The molecule has 1 aromatic heterocycles. The topological polar surface area (TPSA) is 66.7 Å². The zero-order valence-corrected chi connectivity index (χ0v) is 11.4. The highest BCUT2D eigenvalue weighted by Gasteiger charge is 2.26. The van der Waals surface area contributed by atoms with E-state index in [0.717, 1.165) is 12.0 Å². The Kier molecular flexibility index (Phi) is 3.68. The van der Waals surface area contributed by atoms with Gasteiger partial charge in [-0.25, -0.2) is 4.98 Å². The molecule has 6 heteroatoms. The van der Waals surface area contributed by atoms with Crippen molar-refractivity contribution in [3.8, 4) is 11.3 Å². The number of hydrogen-bond acceptors (Lipinski definition) is 4. The van der Waals surface area contributed by atoms with Crippen LogP contribution >= 0.6 is 0 Å². The Morgan fingerprint density at radius 1 is 1.14 bits per heavy atom. The predicted molar refractivity (Wildman–Crippen MR) is 75.5 cm³/mol. The summed E-state index contributed by atoms with van der Waals surface area (Å²) in [5.74, 6) is 0.0673. The van der Waals surface area contributed by atoms with E-state index in [-0.39, 0.29) is 11.7 Å². The van der Waals surface area contributed by atoms with Gasteiger partial charge in [0.25, 0.3) is 5.91 Å². The highest BCUT2D eigenvalue weighted by atomic mass is 16.3. The second-order valence-corrected chi connectivity index (χ2v) is 4.83. The second-order valence-electron chi connectivity index (χ2n) is 4.83. The van der Waals surface area contributed by atoms with Crippen LogP contribution in [0.15, 0.2) is 41.1 Å². The Bertz CT molecular complexity index is 631. The number of benzene rings is 1. The molecule has 0 atom stereocenters. The van der Waals surface area contributed by atoms with Crippen LogP contribution in [0.4, 0.5) is 0 Å². The fraction of sp³-hybridized carbons (Fsp3) is 0.267. The first kappa shape index (κ1) is 13.4. The van der Waals surface area contributed by atoms with Crippen molar-refractivity contribution in [3.05, 3.63) is 42.5 Å². The van der Waals surface area contributed by atoms with Gasteiger partial charge in [0.05, 0.1) is 0 Å². The molecule has 2 amide bonds. The molecule has 2 aromatic rings. The Morgan fingerprint density at radius 3 is 2.52 bits per heavy atom. The average Bonchev–Trinajstić information content (AvgIpc) is 3.04. The van der Waals surface area contributed by atoms with Gasteiger partial charge in [-0.2, -0.15) is 0 Å². The van der Waals surface area contributed by atoms with Gasteiger partial charge in [0.1, 0.15) is 5.69 Å². The molecule has 1 fully saturated rings. The number of carbonyl (C=O) groups excluding carboxylic acids is 2. The van der Waals surface area contributed by atoms with Gasteiger partial charge in [-0.3, -0.25) is 9.59 Å². The molecular formula is C15H15N3O3. The van der Waals surface area contributed by atoms with Crippen molar-refractivity contribution in [3.63, 3.8) is 0 Å². The van der Waals surface area contributed by atoms with Crippen LogP contribution in [0, 0.1) is 0 Å². The summed E-state index contributed by atoms with van der Waals surface area (Å²) >= 11 is 0. The fourth-order valence-corrected chi connectivity index (χ4v) is 2.37. The monoisotopic (exact) mass is 285 g/mol. The Hall–Kier alpha value is -2.63. The van der Waals surface area contributed by atoms with Crippen LogP contribution < -0.4 is 0 Å². The number of aromatic nitrogens is 1. The van der Waals surface area contributed by atoms with E-state index in [0.29, 0.717) is 31.9 Å². The van der Waals surface area contributed by atoms with Crippen LogP contribution in [0.3, 0.4) is 0 Å². The number of oxazole rings is 1. The summed E-state index contributed by atoms with van der Waals surface area (Å²) in [5, 5.41) is 0. The number of piperazine rings is 1. The third-order valence-corrected chi connectivity index (χ3v) is 3.56. The van der Waals surface area contributed by atoms with Crippen LogP contribution in [-0.4, -0.2) is 53.3 Å². The highest BCUT2D eigenvalue weighted by molar-refractivity contribution is 5.97. The van der Waals surface area contributed by atoms with Crippen LogP contribution in [0.5, 0.6) is 0 Å². The predicted octanol–water partition coefficient (Wildman–Crippen LogP) is 1.26. The molecule has 0 unspecified atom stereocenters. The Labute approximate surface area is 122 Å². The summed E-state index contributed by atoms with van der Waals surface area (Å²) in [6.45, 7) is 2.10. The first-order chi connectivity index (χ1) is 10.3. The zero-order chi connectivity index (χ0) is 14.7. The minimum Gasteiger partial charge on any atom is -0.438 e. The van der Waals surface area contributed by atoms with Gasteiger partial charge in [0, 0.05) is 31.7 Å². The molecule has 0 aliphatic carbocycles. The lowest BCUT2D eigenvalue weighted by Gasteiger charge is -2.32. The number of hydrogen-bond donors (Lipinski definition) is 0. The number of rotatable bonds is 3. The van der Waals surface area contributed by atoms with Gasteiger partial charge in [-0.1, -0.05) is 30.3 Å². The van der Waals surface area contributed by atoms with Crippen molar-refractivity contribution in [2.24, 2.45) is 0 Å². The third kappa shape index (κ3) is 2.65. The normalized spacial score (nSPS) is 15.0. The van der Waals surface area contributed by atoms with Crippen molar-refractivity contribution in [1.29, 1.82) is 0 Å². The molecule has 1 aliphatic rings. The average molecular weight is 285 g/mol. The highest BCUT2D eigenvalue weighted by Crippen LogP contribution is 2.23. The van der Waals surface area contributed by atoms with E-state index in [1.54, 1.807) is 9.80 Å². The molecular weight excluding hydrogens is 270 g/mol. The van der Waals surface area contributed by atoms with Gasteiger partial charge in [-0.15, -0.1) is 0 Å². The Morgan fingerprint density at radius 2 is 1.86 bits per heavy atom. The van der Waals surface area contributed by atoms with E-state index in [1.165, 1.54) is 6.39 Å². The minimum atomic E-state index is -0.183. The summed E-state index contributed by atoms with van der Waals surface area (Å²) in [5.41, 5.74) is 1.40. The summed E-state index contributed by atoms with van der Waals surface area (Å²) in [7, 11) is 0. The molecule has 1 aliphatic heterocycles. The van der Waals surface area contributed by atoms with Gasteiger partial charge in [0.2, 0.25) is 12.2 Å². The van der Waals surface area contributed by atoms with Gasteiger partial charge < -0.3 is 14.2 Å². The fourth-order valence-electron chi connectivity index (χ4n) is 2.37. The first-order valence-electron chi connectivity index (χ1n) is 6.77. The van der Waals surface area contributed by atoms with E-state index in [9.17, 15) is 9.59 Å². The Balaban J connectivity index is 1.80. The van der Waals surface area contributed by atoms with Gasteiger partial charge in [-0.05, 0) is 0 Å². The van der Waals surface area contributed by atoms with E-state index in [2.05, 4.69) is 4.98 Å². The lowest BCUT2D eigenvalue weighted by atomic mass is 10.1. The lowest BCUT2D eigenvalue weighted by molar-refractivity contribution is -0.119. The third-order valence-electron chi connectivity index (χ3n) is 3.56. The molecule has 0 bridgehead atoms. The molecule has 0 spiro atoms. The summed E-state index contributed by atoms with van der Waals surface area (Å²) < 4.78 is 5.30. The molecule has 0 saturated carbocycles. The zero-order valence-electron chi connectivity index (χ0n) is 11.4. The van der Waals surface area contributed by atoms with Gasteiger partial charge >= 0.3 is 0 Å². The summed E-state index contributed by atoms with van der Waals surface area (Å²) in [6, 6.07) is 9.46. The molecule has 6 nitrogen and oxygen atoms in total. The van der Waals surface area contributed by atoms with Crippen molar-refractivity contribution in [2.75, 3.05) is 26.2 Å². The molecule has 1 aromatic carbocycles. The van der Waals surface area contributed by atoms with Gasteiger partial charge in [0.15, 0.2) is 6.39 Å². The van der Waals surface area contributed by atoms with E-state index in [4.69, 9.17) is 4.42 Å². The van der Waals surface area contributed by atoms with E-state index < -0.39 is 0 Å². The summed E-state index contributed by atoms with van der Waals surface area (Å²) in [4.78, 5) is 30.7.